The van der Waals surface area contributed by atoms with Crippen LogP contribution >= 0.6 is 11.6 Å². The molecule has 0 bridgehead atoms. The predicted octanol–water partition coefficient (Wildman–Crippen LogP) is 1.99. The summed E-state index contributed by atoms with van der Waals surface area (Å²) < 4.78 is 0. The molecule has 5 nitrogen and oxygen atoms in total. The Balaban J connectivity index is 2.63. The summed E-state index contributed by atoms with van der Waals surface area (Å²) in [6, 6.07) is 4.45. The third-order valence-electron chi connectivity index (χ3n) is 2.87. The lowest BCUT2D eigenvalue weighted by Gasteiger charge is -2.20. The molecule has 1 aromatic rings. The van der Waals surface area contributed by atoms with E-state index in [0.29, 0.717) is 10.7 Å². The SMILES string of the molecule is Cc1cc(Cl)ccc1NC(=O)CN(C)C(C)C(=O)O. The second kappa shape index (κ2) is 6.54. The van der Waals surface area contributed by atoms with Crippen LogP contribution in [0.1, 0.15) is 12.5 Å². The van der Waals surface area contributed by atoms with Crippen LogP contribution in [0.25, 0.3) is 0 Å². The van der Waals surface area contributed by atoms with Gasteiger partial charge in [0.15, 0.2) is 0 Å². The molecule has 0 aliphatic rings. The molecule has 19 heavy (non-hydrogen) atoms. The number of nitrogens with zero attached hydrogens (tertiary/aromatic N) is 1. The predicted molar refractivity (Wildman–Crippen MR) is 74.5 cm³/mol. The smallest absolute Gasteiger partial charge is 0.320 e. The van der Waals surface area contributed by atoms with Crippen molar-refractivity contribution in [3.05, 3.63) is 28.8 Å². The van der Waals surface area contributed by atoms with Gasteiger partial charge in [-0.1, -0.05) is 11.6 Å². The Labute approximate surface area is 117 Å². The molecule has 0 fully saturated rings. The second-order valence-corrected chi connectivity index (χ2v) is 4.87. The number of amides is 1. The number of benzene rings is 1. The Morgan fingerprint density at radius 3 is 2.63 bits per heavy atom. The van der Waals surface area contributed by atoms with E-state index in [-0.39, 0.29) is 12.5 Å². The van der Waals surface area contributed by atoms with Gasteiger partial charge in [-0.2, -0.15) is 0 Å². The Kier molecular flexibility index (Phi) is 5.32. The van der Waals surface area contributed by atoms with Crippen LogP contribution < -0.4 is 5.32 Å². The molecule has 1 atom stereocenters. The van der Waals surface area contributed by atoms with Crippen LogP contribution in [0.4, 0.5) is 5.69 Å². The molecule has 0 heterocycles. The number of aryl methyl sites for hydroxylation is 1. The van der Waals surface area contributed by atoms with Crippen LogP contribution in [0.15, 0.2) is 18.2 Å². The van der Waals surface area contributed by atoms with Gasteiger partial charge < -0.3 is 10.4 Å². The number of rotatable bonds is 5. The van der Waals surface area contributed by atoms with E-state index in [1.165, 1.54) is 11.8 Å². The van der Waals surface area contributed by atoms with E-state index >= 15 is 0 Å². The number of carboxylic acid groups (broad SMARTS) is 1. The van der Waals surface area contributed by atoms with E-state index in [4.69, 9.17) is 16.7 Å². The molecule has 104 valence electrons. The quantitative estimate of drug-likeness (QED) is 0.867. The van der Waals surface area contributed by atoms with Gasteiger partial charge in [-0.3, -0.25) is 14.5 Å². The van der Waals surface area contributed by atoms with Gasteiger partial charge in [0.05, 0.1) is 6.54 Å². The third-order valence-corrected chi connectivity index (χ3v) is 3.11. The molecule has 0 aliphatic heterocycles. The number of hydrogen-bond donors (Lipinski definition) is 2. The first-order valence-electron chi connectivity index (χ1n) is 5.80. The van der Waals surface area contributed by atoms with Crippen molar-refractivity contribution in [3.63, 3.8) is 0 Å². The van der Waals surface area contributed by atoms with E-state index in [1.807, 2.05) is 6.92 Å². The molecule has 0 aromatic heterocycles. The number of carboxylic acids is 1. The number of halogens is 1. The van der Waals surface area contributed by atoms with Gasteiger partial charge in [0, 0.05) is 10.7 Å². The third kappa shape index (κ3) is 4.54. The first-order valence-corrected chi connectivity index (χ1v) is 6.18. The molecular formula is C13H17ClN2O3. The normalized spacial score (nSPS) is 12.3. The van der Waals surface area contributed by atoms with Gasteiger partial charge in [0.1, 0.15) is 6.04 Å². The van der Waals surface area contributed by atoms with E-state index in [9.17, 15) is 9.59 Å². The number of hydrogen-bond acceptors (Lipinski definition) is 3. The van der Waals surface area contributed by atoms with E-state index < -0.39 is 12.0 Å². The van der Waals surface area contributed by atoms with Crippen molar-refractivity contribution >= 4 is 29.2 Å². The maximum Gasteiger partial charge on any atom is 0.320 e. The summed E-state index contributed by atoms with van der Waals surface area (Å²) in [6.45, 7) is 3.38. The Morgan fingerprint density at radius 1 is 1.47 bits per heavy atom. The fourth-order valence-corrected chi connectivity index (χ4v) is 1.74. The molecule has 1 amide bonds. The minimum absolute atomic E-state index is 0.00946. The highest BCUT2D eigenvalue weighted by Crippen LogP contribution is 2.19. The van der Waals surface area contributed by atoms with Crippen molar-refractivity contribution in [1.82, 2.24) is 4.90 Å². The van der Waals surface area contributed by atoms with Crippen LogP contribution in [-0.4, -0.2) is 41.5 Å². The minimum atomic E-state index is -0.960. The lowest BCUT2D eigenvalue weighted by molar-refractivity contribution is -0.142. The number of aliphatic carboxylic acids is 1. The molecule has 0 saturated heterocycles. The van der Waals surface area contributed by atoms with Gasteiger partial charge in [-0.25, -0.2) is 0 Å². The lowest BCUT2D eigenvalue weighted by Crippen LogP contribution is -2.40. The van der Waals surface area contributed by atoms with E-state index in [2.05, 4.69) is 5.32 Å². The van der Waals surface area contributed by atoms with Crippen LogP contribution in [0, 0.1) is 6.92 Å². The number of nitrogens with one attached hydrogen (secondary N) is 1. The molecule has 0 saturated carbocycles. The Bertz CT molecular complexity index is 491. The highest BCUT2D eigenvalue weighted by atomic mass is 35.5. The summed E-state index contributed by atoms with van der Waals surface area (Å²) in [7, 11) is 1.59. The lowest BCUT2D eigenvalue weighted by atomic mass is 10.2. The number of carbonyl (C=O) groups is 2. The zero-order chi connectivity index (χ0) is 14.6. The standard InChI is InChI=1S/C13H17ClN2O3/c1-8-6-10(14)4-5-11(8)15-12(17)7-16(3)9(2)13(18)19/h4-6,9H,7H2,1-3H3,(H,15,17)(H,18,19). The van der Waals surface area contributed by atoms with Gasteiger partial charge in [0.25, 0.3) is 0 Å². The van der Waals surface area contributed by atoms with Crippen LogP contribution in [-0.2, 0) is 9.59 Å². The second-order valence-electron chi connectivity index (χ2n) is 4.44. The Hall–Kier alpha value is -1.59. The first kappa shape index (κ1) is 15.5. The number of anilines is 1. The summed E-state index contributed by atoms with van der Waals surface area (Å²) in [6.07, 6.45) is 0. The monoisotopic (exact) mass is 284 g/mol. The summed E-state index contributed by atoms with van der Waals surface area (Å²) in [5.74, 6) is -1.22. The van der Waals surface area contributed by atoms with Crippen molar-refractivity contribution in [2.75, 3.05) is 18.9 Å². The average molecular weight is 285 g/mol. The number of carbonyl (C=O) groups excluding carboxylic acids is 1. The maximum absolute atomic E-state index is 11.8. The van der Waals surface area contributed by atoms with Gasteiger partial charge in [-0.15, -0.1) is 0 Å². The van der Waals surface area contributed by atoms with Crippen molar-refractivity contribution in [3.8, 4) is 0 Å². The largest absolute Gasteiger partial charge is 0.480 e. The summed E-state index contributed by atoms with van der Waals surface area (Å²) >= 11 is 5.83. The molecule has 1 unspecified atom stereocenters. The fourth-order valence-electron chi connectivity index (χ4n) is 1.51. The van der Waals surface area contributed by atoms with Crippen LogP contribution in [0.2, 0.25) is 5.02 Å². The van der Waals surface area contributed by atoms with Crippen LogP contribution in [0.5, 0.6) is 0 Å². The molecule has 0 radical (unpaired) electrons. The molecule has 6 heteroatoms. The Morgan fingerprint density at radius 2 is 2.11 bits per heavy atom. The summed E-state index contributed by atoms with van der Waals surface area (Å²) in [4.78, 5) is 24.1. The van der Waals surface area contributed by atoms with Gasteiger partial charge >= 0.3 is 5.97 Å². The van der Waals surface area contributed by atoms with Crippen molar-refractivity contribution in [2.24, 2.45) is 0 Å². The minimum Gasteiger partial charge on any atom is -0.480 e. The van der Waals surface area contributed by atoms with Crippen molar-refractivity contribution < 1.29 is 14.7 Å². The van der Waals surface area contributed by atoms with Gasteiger partial charge in [-0.05, 0) is 44.7 Å². The zero-order valence-corrected chi connectivity index (χ0v) is 11.9. The zero-order valence-electron chi connectivity index (χ0n) is 11.1. The van der Waals surface area contributed by atoms with Gasteiger partial charge in [0.2, 0.25) is 5.91 Å². The average Bonchev–Trinajstić information content (AvgIpc) is 2.31. The highest BCUT2D eigenvalue weighted by Gasteiger charge is 2.19. The molecule has 1 rings (SSSR count). The summed E-state index contributed by atoms with van der Waals surface area (Å²) in [5, 5.41) is 12.2. The molecule has 2 N–H and O–H groups in total. The molecule has 0 spiro atoms. The van der Waals surface area contributed by atoms with Crippen LogP contribution in [0.3, 0.4) is 0 Å². The molecule has 0 aliphatic carbocycles. The van der Waals surface area contributed by atoms with Crippen molar-refractivity contribution in [1.29, 1.82) is 0 Å². The van der Waals surface area contributed by atoms with Crippen molar-refractivity contribution in [2.45, 2.75) is 19.9 Å². The fraction of sp³-hybridized carbons (Fsp3) is 0.385. The topological polar surface area (TPSA) is 69.6 Å². The summed E-state index contributed by atoms with van der Waals surface area (Å²) in [5.41, 5.74) is 1.53. The highest BCUT2D eigenvalue weighted by molar-refractivity contribution is 6.30. The maximum atomic E-state index is 11.8. The number of likely N-dealkylation sites (N-methyl/N-ethyl adjacent to an activating group) is 1. The molecule has 1 aromatic carbocycles. The first-order chi connectivity index (χ1) is 8.81. The molecular weight excluding hydrogens is 268 g/mol. The van der Waals surface area contributed by atoms with E-state index in [1.54, 1.807) is 25.2 Å². The van der Waals surface area contributed by atoms with E-state index in [0.717, 1.165) is 5.56 Å².